The lowest BCUT2D eigenvalue weighted by Gasteiger charge is -2.35. The van der Waals surface area contributed by atoms with Gasteiger partial charge in [0.15, 0.2) is 0 Å². The molecule has 1 rings (SSSR count). The van der Waals surface area contributed by atoms with Crippen molar-refractivity contribution in [1.29, 1.82) is 0 Å². The molecule has 0 heterocycles. The van der Waals surface area contributed by atoms with E-state index in [4.69, 9.17) is 9.84 Å². The first-order valence-electron chi connectivity index (χ1n) is 6.64. The van der Waals surface area contributed by atoms with Gasteiger partial charge in [0, 0.05) is 26.3 Å². The predicted molar refractivity (Wildman–Crippen MR) is 68.5 cm³/mol. The van der Waals surface area contributed by atoms with Crippen LogP contribution in [0.15, 0.2) is 0 Å². The zero-order valence-electron chi connectivity index (χ0n) is 11.3. The summed E-state index contributed by atoms with van der Waals surface area (Å²) in [7, 11) is 1.67. The summed E-state index contributed by atoms with van der Waals surface area (Å²) in [6.07, 6.45) is 3.17. The first-order chi connectivity index (χ1) is 8.47. The molecule has 18 heavy (non-hydrogen) atoms. The lowest BCUT2D eigenvalue weighted by atomic mass is 9.78. The zero-order chi connectivity index (χ0) is 13.6. The standard InChI is InChI=1S/C13H25NO4/c1-10(5-8-18-2)14-9-13(17)6-3-11(4-7-13)12(15)16/h10-11,14,17H,3-9H2,1-2H3,(H,15,16). The average Bonchev–Trinajstić information content (AvgIpc) is 2.34. The van der Waals surface area contributed by atoms with Gasteiger partial charge in [0.05, 0.1) is 11.5 Å². The van der Waals surface area contributed by atoms with Gasteiger partial charge in [-0.15, -0.1) is 0 Å². The third-order valence-electron chi connectivity index (χ3n) is 3.80. The van der Waals surface area contributed by atoms with Crippen molar-refractivity contribution in [2.75, 3.05) is 20.3 Å². The highest BCUT2D eigenvalue weighted by Gasteiger charge is 2.35. The van der Waals surface area contributed by atoms with Crippen LogP contribution in [0.5, 0.6) is 0 Å². The van der Waals surface area contributed by atoms with Gasteiger partial charge in [-0.1, -0.05) is 0 Å². The van der Waals surface area contributed by atoms with E-state index in [1.807, 2.05) is 0 Å². The van der Waals surface area contributed by atoms with Crippen molar-refractivity contribution >= 4 is 5.97 Å². The van der Waals surface area contributed by atoms with Crippen molar-refractivity contribution in [2.45, 2.75) is 50.7 Å². The van der Waals surface area contributed by atoms with E-state index in [0.717, 1.165) is 6.42 Å². The second kappa shape index (κ2) is 7.07. The van der Waals surface area contributed by atoms with Crippen molar-refractivity contribution in [3.05, 3.63) is 0 Å². The van der Waals surface area contributed by atoms with Gasteiger partial charge >= 0.3 is 5.97 Å². The molecule has 5 heteroatoms. The third kappa shape index (κ3) is 4.92. The van der Waals surface area contributed by atoms with Crippen LogP contribution in [0.3, 0.4) is 0 Å². The number of aliphatic carboxylic acids is 1. The van der Waals surface area contributed by atoms with Gasteiger partial charge in [0.2, 0.25) is 0 Å². The number of hydrogen-bond acceptors (Lipinski definition) is 4. The molecule has 0 aromatic carbocycles. The number of hydrogen-bond donors (Lipinski definition) is 3. The summed E-state index contributed by atoms with van der Waals surface area (Å²) in [5.74, 6) is -1.02. The monoisotopic (exact) mass is 259 g/mol. The van der Waals surface area contributed by atoms with Gasteiger partial charge < -0.3 is 20.3 Å². The zero-order valence-corrected chi connectivity index (χ0v) is 11.3. The molecule has 1 fully saturated rings. The number of ether oxygens (including phenoxy) is 1. The maximum Gasteiger partial charge on any atom is 0.306 e. The molecule has 1 atom stereocenters. The number of carboxylic acids is 1. The highest BCUT2D eigenvalue weighted by atomic mass is 16.5. The van der Waals surface area contributed by atoms with E-state index in [9.17, 15) is 9.90 Å². The van der Waals surface area contributed by atoms with Gasteiger partial charge in [-0.05, 0) is 39.0 Å². The molecule has 0 spiro atoms. The van der Waals surface area contributed by atoms with Crippen molar-refractivity contribution in [3.63, 3.8) is 0 Å². The minimum Gasteiger partial charge on any atom is -0.481 e. The molecule has 0 aliphatic heterocycles. The van der Waals surface area contributed by atoms with Crippen LogP contribution < -0.4 is 5.32 Å². The Morgan fingerprint density at radius 2 is 2.11 bits per heavy atom. The van der Waals surface area contributed by atoms with Crippen LogP contribution in [0.1, 0.15) is 39.0 Å². The molecule has 0 saturated heterocycles. The normalized spacial score (nSPS) is 30.1. The van der Waals surface area contributed by atoms with Crippen LogP contribution in [-0.2, 0) is 9.53 Å². The van der Waals surface area contributed by atoms with E-state index in [-0.39, 0.29) is 5.92 Å². The summed E-state index contributed by atoms with van der Waals surface area (Å²) in [5.41, 5.74) is -0.743. The van der Waals surface area contributed by atoms with Crippen molar-refractivity contribution in [3.8, 4) is 0 Å². The number of rotatable bonds is 7. The molecule has 106 valence electrons. The molecule has 1 unspecified atom stereocenters. The fraction of sp³-hybridized carbons (Fsp3) is 0.923. The van der Waals surface area contributed by atoms with Crippen LogP contribution in [-0.4, -0.2) is 48.1 Å². The van der Waals surface area contributed by atoms with E-state index < -0.39 is 11.6 Å². The molecule has 5 nitrogen and oxygen atoms in total. The molecule has 3 N–H and O–H groups in total. The Kier molecular flexibility index (Phi) is 6.05. The van der Waals surface area contributed by atoms with Crippen LogP contribution in [0, 0.1) is 5.92 Å². The van der Waals surface area contributed by atoms with E-state index in [2.05, 4.69) is 12.2 Å². The summed E-state index contributed by atoms with van der Waals surface area (Å²) < 4.78 is 5.00. The smallest absolute Gasteiger partial charge is 0.306 e. The Bertz CT molecular complexity index is 262. The van der Waals surface area contributed by atoms with Gasteiger partial charge in [-0.25, -0.2) is 0 Å². The minimum atomic E-state index is -0.743. The van der Waals surface area contributed by atoms with E-state index in [0.29, 0.717) is 44.9 Å². The van der Waals surface area contributed by atoms with Crippen LogP contribution in [0.4, 0.5) is 0 Å². The molecule has 0 aromatic rings. The first kappa shape index (κ1) is 15.4. The predicted octanol–water partition coefficient (Wildman–Crippen LogP) is 1.01. The van der Waals surface area contributed by atoms with Crippen LogP contribution >= 0.6 is 0 Å². The summed E-state index contributed by atoms with van der Waals surface area (Å²) in [5, 5.41) is 22.6. The quantitative estimate of drug-likeness (QED) is 0.636. The maximum atomic E-state index is 10.8. The van der Waals surface area contributed by atoms with Crippen molar-refractivity contribution < 1.29 is 19.7 Å². The molecule has 1 aliphatic rings. The van der Waals surface area contributed by atoms with Crippen molar-refractivity contribution in [2.24, 2.45) is 5.92 Å². The Morgan fingerprint density at radius 1 is 1.50 bits per heavy atom. The van der Waals surface area contributed by atoms with Gasteiger partial charge in [-0.2, -0.15) is 0 Å². The largest absolute Gasteiger partial charge is 0.481 e. The molecule has 0 bridgehead atoms. The number of carbonyl (C=O) groups is 1. The highest BCUT2D eigenvalue weighted by molar-refractivity contribution is 5.70. The fourth-order valence-electron chi connectivity index (χ4n) is 2.34. The average molecular weight is 259 g/mol. The fourth-order valence-corrected chi connectivity index (χ4v) is 2.34. The molecule has 1 aliphatic carbocycles. The number of carboxylic acid groups (broad SMARTS) is 1. The Balaban J connectivity index is 2.27. The Labute approximate surface area is 109 Å². The lowest BCUT2D eigenvalue weighted by molar-refractivity contribution is -0.144. The summed E-state index contributed by atoms with van der Waals surface area (Å²) >= 11 is 0. The lowest BCUT2D eigenvalue weighted by Crippen LogP contribution is -2.46. The van der Waals surface area contributed by atoms with Gasteiger partial charge in [0.25, 0.3) is 0 Å². The highest BCUT2D eigenvalue weighted by Crippen LogP contribution is 2.31. The first-order valence-corrected chi connectivity index (χ1v) is 6.64. The van der Waals surface area contributed by atoms with E-state index >= 15 is 0 Å². The molecule has 0 amide bonds. The summed E-state index contributed by atoms with van der Waals surface area (Å²) in [6.45, 7) is 3.29. The van der Waals surface area contributed by atoms with Gasteiger partial charge in [0.1, 0.15) is 0 Å². The van der Waals surface area contributed by atoms with Crippen molar-refractivity contribution in [1.82, 2.24) is 5.32 Å². The van der Waals surface area contributed by atoms with Crippen LogP contribution in [0.2, 0.25) is 0 Å². The summed E-state index contributed by atoms with van der Waals surface area (Å²) in [4.78, 5) is 10.8. The second-order valence-electron chi connectivity index (χ2n) is 5.40. The SMILES string of the molecule is COCCC(C)NCC1(O)CCC(C(=O)O)CC1. The number of aliphatic hydroxyl groups is 1. The second-order valence-corrected chi connectivity index (χ2v) is 5.40. The molecule has 0 radical (unpaired) electrons. The topological polar surface area (TPSA) is 78.8 Å². The van der Waals surface area contributed by atoms with Crippen LogP contribution in [0.25, 0.3) is 0 Å². The Morgan fingerprint density at radius 3 is 2.61 bits per heavy atom. The molecule has 0 aromatic heterocycles. The summed E-state index contributed by atoms with van der Waals surface area (Å²) in [6, 6.07) is 0.297. The third-order valence-corrected chi connectivity index (χ3v) is 3.80. The number of methoxy groups -OCH3 is 1. The number of nitrogens with one attached hydrogen (secondary N) is 1. The van der Waals surface area contributed by atoms with E-state index in [1.54, 1.807) is 7.11 Å². The Hall–Kier alpha value is -0.650. The molecule has 1 saturated carbocycles. The molecular formula is C13H25NO4. The maximum absolute atomic E-state index is 10.8. The van der Waals surface area contributed by atoms with E-state index in [1.165, 1.54) is 0 Å². The molecular weight excluding hydrogens is 234 g/mol. The van der Waals surface area contributed by atoms with Gasteiger partial charge in [-0.3, -0.25) is 4.79 Å². The minimum absolute atomic E-state index is 0.281.